The van der Waals surface area contributed by atoms with Crippen molar-refractivity contribution in [2.45, 2.75) is 6.42 Å². The Morgan fingerprint density at radius 2 is 2.11 bits per heavy atom. The third kappa shape index (κ3) is 1.10. The molecule has 0 saturated carbocycles. The van der Waals surface area contributed by atoms with E-state index in [4.69, 9.17) is 0 Å². The zero-order valence-electron chi connectivity index (χ0n) is 5.60. The largest absolute Gasteiger partial charge is 0.316 e. The van der Waals surface area contributed by atoms with Crippen LogP contribution in [0.3, 0.4) is 0 Å². The molecule has 2 saturated heterocycles. The molecular formula is C7H13NS. The fourth-order valence-corrected chi connectivity index (χ4v) is 3.12. The van der Waals surface area contributed by atoms with Crippen LogP contribution in [0.2, 0.25) is 0 Å². The summed E-state index contributed by atoms with van der Waals surface area (Å²) in [5.41, 5.74) is 0. The van der Waals surface area contributed by atoms with Crippen molar-refractivity contribution in [3.63, 3.8) is 0 Å². The highest BCUT2D eigenvalue weighted by Gasteiger charge is 2.29. The smallest absolute Gasteiger partial charge is 0.000937 e. The molecule has 1 nitrogen and oxygen atoms in total. The summed E-state index contributed by atoms with van der Waals surface area (Å²) in [6.45, 7) is 2.59. The van der Waals surface area contributed by atoms with Crippen LogP contribution in [-0.4, -0.2) is 24.6 Å². The second-order valence-corrected chi connectivity index (χ2v) is 4.19. The van der Waals surface area contributed by atoms with Gasteiger partial charge in [0.25, 0.3) is 0 Å². The number of rotatable bonds is 0. The van der Waals surface area contributed by atoms with Crippen LogP contribution in [0.25, 0.3) is 0 Å². The van der Waals surface area contributed by atoms with Gasteiger partial charge in [-0.15, -0.1) is 0 Å². The van der Waals surface area contributed by atoms with Crippen molar-refractivity contribution in [3.05, 3.63) is 0 Å². The molecule has 0 aromatic rings. The summed E-state index contributed by atoms with van der Waals surface area (Å²) < 4.78 is 0. The summed E-state index contributed by atoms with van der Waals surface area (Å²) in [5.74, 6) is 4.87. The molecule has 0 amide bonds. The van der Waals surface area contributed by atoms with Gasteiger partial charge in [0.1, 0.15) is 0 Å². The zero-order chi connectivity index (χ0) is 6.10. The lowest BCUT2D eigenvalue weighted by Crippen LogP contribution is -2.20. The van der Waals surface area contributed by atoms with Crippen molar-refractivity contribution in [2.24, 2.45) is 11.8 Å². The van der Waals surface area contributed by atoms with Crippen LogP contribution in [0.5, 0.6) is 0 Å². The average Bonchev–Trinajstić information content (AvgIpc) is 2.33. The Hall–Kier alpha value is 0.310. The van der Waals surface area contributed by atoms with Gasteiger partial charge in [-0.3, -0.25) is 0 Å². The summed E-state index contributed by atoms with van der Waals surface area (Å²) in [7, 11) is 0. The summed E-state index contributed by atoms with van der Waals surface area (Å²) in [6, 6.07) is 0. The minimum absolute atomic E-state index is 1.02. The lowest BCUT2D eigenvalue weighted by atomic mass is 9.95. The Balaban J connectivity index is 1.97. The number of hydrogen-bond donors (Lipinski definition) is 1. The second-order valence-electron chi connectivity index (χ2n) is 3.04. The lowest BCUT2D eigenvalue weighted by molar-refractivity contribution is 0.438. The van der Waals surface area contributed by atoms with Gasteiger partial charge in [0.05, 0.1) is 0 Å². The molecular weight excluding hydrogens is 130 g/mol. The van der Waals surface area contributed by atoms with Gasteiger partial charge < -0.3 is 5.32 Å². The summed E-state index contributed by atoms with van der Waals surface area (Å²) in [4.78, 5) is 0. The maximum Gasteiger partial charge on any atom is -0.000937 e. The quantitative estimate of drug-likeness (QED) is 0.542. The van der Waals surface area contributed by atoms with Crippen molar-refractivity contribution in [3.8, 4) is 0 Å². The minimum Gasteiger partial charge on any atom is -0.316 e. The first-order valence-electron chi connectivity index (χ1n) is 3.75. The molecule has 0 spiro atoms. The maximum atomic E-state index is 3.45. The van der Waals surface area contributed by atoms with Crippen molar-refractivity contribution in [1.29, 1.82) is 0 Å². The first-order chi connectivity index (χ1) is 4.47. The van der Waals surface area contributed by atoms with Crippen LogP contribution in [0.4, 0.5) is 0 Å². The van der Waals surface area contributed by atoms with E-state index in [1.165, 1.54) is 31.0 Å². The van der Waals surface area contributed by atoms with Crippen LogP contribution in [-0.2, 0) is 0 Å². The molecule has 2 heterocycles. The van der Waals surface area contributed by atoms with E-state index < -0.39 is 0 Å². The van der Waals surface area contributed by atoms with E-state index in [1.807, 2.05) is 0 Å². The van der Waals surface area contributed by atoms with E-state index >= 15 is 0 Å². The van der Waals surface area contributed by atoms with Gasteiger partial charge in [-0.2, -0.15) is 11.8 Å². The van der Waals surface area contributed by atoms with Crippen LogP contribution in [0, 0.1) is 11.8 Å². The molecule has 2 heteroatoms. The van der Waals surface area contributed by atoms with Gasteiger partial charge >= 0.3 is 0 Å². The van der Waals surface area contributed by atoms with Crippen molar-refractivity contribution < 1.29 is 0 Å². The summed E-state index contributed by atoms with van der Waals surface area (Å²) in [6.07, 6.45) is 1.46. The number of nitrogens with one attached hydrogen (secondary N) is 1. The third-order valence-electron chi connectivity index (χ3n) is 2.44. The fourth-order valence-electron chi connectivity index (χ4n) is 1.79. The summed E-state index contributed by atoms with van der Waals surface area (Å²) in [5, 5.41) is 3.45. The Labute approximate surface area is 60.6 Å². The van der Waals surface area contributed by atoms with Gasteiger partial charge in [0, 0.05) is 0 Å². The molecule has 1 N–H and O–H groups in total. The second kappa shape index (κ2) is 2.51. The highest BCUT2D eigenvalue weighted by atomic mass is 32.2. The molecule has 2 fully saturated rings. The van der Waals surface area contributed by atoms with E-state index in [2.05, 4.69) is 17.1 Å². The molecule has 0 aromatic heterocycles. The minimum atomic E-state index is 1.02. The van der Waals surface area contributed by atoms with Gasteiger partial charge in [0.15, 0.2) is 0 Å². The predicted molar refractivity (Wildman–Crippen MR) is 41.8 cm³/mol. The molecule has 0 bridgehead atoms. The van der Waals surface area contributed by atoms with E-state index in [1.54, 1.807) is 0 Å². The standard InChI is InChI=1S/C7H13NS/c1-2-9-5-7-4-8-3-6(1)7/h6-8H,1-5H2. The Kier molecular flexibility index (Phi) is 1.68. The van der Waals surface area contributed by atoms with Gasteiger partial charge in [-0.25, -0.2) is 0 Å². The zero-order valence-corrected chi connectivity index (χ0v) is 6.41. The number of fused-ring (bicyclic) bond motifs is 1. The molecule has 0 radical (unpaired) electrons. The first kappa shape index (κ1) is 6.05. The van der Waals surface area contributed by atoms with Crippen molar-refractivity contribution in [1.82, 2.24) is 5.32 Å². The summed E-state index contributed by atoms with van der Waals surface area (Å²) >= 11 is 2.13. The molecule has 2 aliphatic rings. The van der Waals surface area contributed by atoms with Crippen LogP contribution < -0.4 is 5.32 Å². The Morgan fingerprint density at radius 3 is 3.00 bits per heavy atom. The van der Waals surface area contributed by atoms with Gasteiger partial charge in [-0.05, 0) is 42.9 Å². The highest BCUT2D eigenvalue weighted by Crippen LogP contribution is 2.30. The average molecular weight is 143 g/mol. The number of thioether (sulfide) groups is 1. The van der Waals surface area contributed by atoms with Crippen LogP contribution >= 0.6 is 11.8 Å². The first-order valence-corrected chi connectivity index (χ1v) is 4.91. The maximum absolute atomic E-state index is 3.45. The van der Waals surface area contributed by atoms with E-state index in [0.29, 0.717) is 0 Å². The highest BCUT2D eigenvalue weighted by molar-refractivity contribution is 7.99. The lowest BCUT2D eigenvalue weighted by Gasteiger charge is -2.22. The molecule has 2 unspecified atom stereocenters. The molecule has 2 atom stereocenters. The van der Waals surface area contributed by atoms with E-state index in [9.17, 15) is 0 Å². The molecule has 0 aromatic carbocycles. The molecule has 2 rings (SSSR count). The molecule has 9 heavy (non-hydrogen) atoms. The monoisotopic (exact) mass is 143 g/mol. The van der Waals surface area contributed by atoms with E-state index in [0.717, 1.165) is 11.8 Å². The third-order valence-corrected chi connectivity index (χ3v) is 3.63. The molecule has 0 aliphatic carbocycles. The number of hydrogen-bond acceptors (Lipinski definition) is 2. The predicted octanol–water partition coefficient (Wildman–Crippen LogP) is 0.959. The van der Waals surface area contributed by atoms with Gasteiger partial charge in [-0.1, -0.05) is 0 Å². The Bertz CT molecular complexity index is 93.1. The topological polar surface area (TPSA) is 12.0 Å². The van der Waals surface area contributed by atoms with Crippen LogP contribution in [0.1, 0.15) is 6.42 Å². The SMILES string of the molecule is C1CC2CNCC2CS1. The molecule has 2 aliphatic heterocycles. The normalized spacial score (nSPS) is 42.7. The van der Waals surface area contributed by atoms with Gasteiger partial charge in [0.2, 0.25) is 0 Å². The van der Waals surface area contributed by atoms with Crippen LogP contribution in [0.15, 0.2) is 0 Å². The van der Waals surface area contributed by atoms with Crippen molar-refractivity contribution >= 4 is 11.8 Å². The fraction of sp³-hybridized carbons (Fsp3) is 1.00. The van der Waals surface area contributed by atoms with E-state index in [-0.39, 0.29) is 0 Å². The molecule has 52 valence electrons. The van der Waals surface area contributed by atoms with Crippen molar-refractivity contribution in [2.75, 3.05) is 24.6 Å². The Morgan fingerprint density at radius 1 is 1.22 bits per heavy atom.